The van der Waals surface area contributed by atoms with E-state index in [1.807, 2.05) is 43.3 Å². The summed E-state index contributed by atoms with van der Waals surface area (Å²) in [4.78, 5) is 6.57. The van der Waals surface area contributed by atoms with Crippen molar-refractivity contribution < 1.29 is 4.74 Å². The zero-order chi connectivity index (χ0) is 14.6. The number of nitrogens with one attached hydrogen (secondary N) is 1. The van der Waals surface area contributed by atoms with Gasteiger partial charge in [-0.05, 0) is 12.0 Å². The standard InChI is InChI=1S/C16H25N3O.HI/c1-4-5-12-20-13-11-17-16(19(2)3)18-14-15-9-7-6-8-10-15;/h4,6-10H,1,5,11-14H2,2-3H3,(H,17,18);1H. The highest BCUT2D eigenvalue weighted by Crippen LogP contribution is 2.00. The number of benzene rings is 1. The summed E-state index contributed by atoms with van der Waals surface area (Å²) in [6, 6.07) is 10.2. The van der Waals surface area contributed by atoms with Gasteiger partial charge < -0.3 is 15.0 Å². The zero-order valence-electron chi connectivity index (χ0n) is 12.9. The maximum atomic E-state index is 5.46. The minimum absolute atomic E-state index is 0. The van der Waals surface area contributed by atoms with Gasteiger partial charge in [0.1, 0.15) is 0 Å². The summed E-state index contributed by atoms with van der Waals surface area (Å²) < 4.78 is 5.46. The molecule has 0 radical (unpaired) electrons. The van der Waals surface area contributed by atoms with Crippen LogP contribution in [0.1, 0.15) is 12.0 Å². The van der Waals surface area contributed by atoms with Crippen LogP contribution in [0.2, 0.25) is 0 Å². The highest BCUT2D eigenvalue weighted by molar-refractivity contribution is 14.0. The zero-order valence-corrected chi connectivity index (χ0v) is 15.2. The van der Waals surface area contributed by atoms with Crippen molar-refractivity contribution in [3.8, 4) is 0 Å². The van der Waals surface area contributed by atoms with Crippen LogP contribution in [-0.2, 0) is 11.3 Å². The van der Waals surface area contributed by atoms with Gasteiger partial charge in [0.15, 0.2) is 5.96 Å². The van der Waals surface area contributed by atoms with E-state index in [1.165, 1.54) is 5.56 Å². The van der Waals surface area contributed by atoms with Crippen molar-refractivity contribution in [2.75, 3.05) is 33.9 Å². The van der Waals surface area contributed by atoms with Gasteiger partial charge in [-0.1, -0.05) is 36.4 Å². The van der Waals surface area contributed by atoms with E-state index in [2.05, 4.69) is 29.0 Å². The fourth-order valence-electron chi connectivity index (χ4n) is 1.61. The first kappa shape index (κ1) is 19.9. The number of hydrogen-bond donors (Lipinski definition) is 1. The maximum Gasteiger partial charge on any atom is 0.193 e. The van der Waals surface area contributed by atoms with Gasteiger partial charge >= 0.3 is 0 Å². The largest absolute Gasteiger partial charge is 0.379 e. The molecule has 0 atom stereocenters. The van der Waals surface area contributed by atoms with Gasteiger partial charge in [0.2, 0.25) is 0 Å². The molecule has 1 aromatic carbocycles. The lowest BCUT2D eigenvalue weighted by molar-refractivity contribution is 0.143. The van der Waals surface area contributed by atoms with Crippen LogP contribution in [0.4, 0.5) is 0 Å². The summed E-state index contributed by atoms with van der Waals surface area (Å²) >= 11 is 0. The molecule has 0 saturated carbocycles. The number of rotatable bonds is 8. The minimum atomic E-state index is 0. The Morgan fingerprint density at radius 1 is 1.29 bits per heavy atom. The van der Waals surface area contributed by atoms with E-state index in [0.717, 1.165) is 25.5 Å². The van der Waals surface area contributed by atoms with Gasteiger partial charge in [0, 0.05) is 20.6 Å². The lowest BCUT2D eigenvalue weighted by Crippen LogP contribution is -2.38. The van der Waals surface area contributed by atoms with Crippen molar-refractivity contribution in [2.24, 2.45) is 4.99 Å². The number of aliphatic imine (C=N–C) groups is 1. The Hall–Kier alpha value is -1.08. The number of hydrogen-bond acceptors (Lipinski definition) is 2. The Bertz CT molecular complexity index is 407. The number of guanidine groups is 1. The number of halogens is 1. The molecule has 1 aromatic rings. The summed E-state index contributed by atoms with van der Waals surface area (Å²) in [5, 5.41) is 3.29. The molecule has 1 rings (SSSR count). The number of ether oxygens (including phenoxy) is 1. The molecule has 0 aliphatic rings. The van der Waals surface area contributed by atoms with Crippen LogP contribution >= 0.6 is 24.0 Å². The number of nitrogens with zero attached hydrogens (tertiary/aromatic N) is 2. The Morgan fingerprint density at radius 3 is 2.62 bits per heavy atom. The Labute approximate surface area is 145 Å². The molecule has 0 fully saturated rings. The normalized spacial score (nSPS) is 10.7. The van der Waals surface area contributed by atoms with Gasteiger partial charge in [-0.25, -0.2) is 4.99 Å². The smallest absolute Gasteiger partial charge is 0.193 e. The van der Waals surface area contributed by atoms with Crippen LogP contribution < -0.4 is 5.32 Å². The molecule has 0 unspecified atom stereocenters. The van der Waals surface area contributed by atoms with Gasteiger partial charge in [0.05, 0.1) is 19.8 Å². The van der Waals surface area contributed by atoms with E-state index in [-0.39, 0.29) is 24.0 Å². The second-order valence-corrected chi connectivity index (χ2v) is 4.64. The van der Waals surface area contributed by atoms with E-state index in [1.54, 1.807) is 0 Å². The van der Waals surface area contributed by atoms with Crippen LogP contribution in [0, 0.1) is 0 Å². The average molecular weight is 403 g/mol. The van der Waals surface area contributed by atoms with Gasteiger partial charge in [-0.15, -0.1) is 30.6 Å². The molecule has 0 aliphatic heterocycles. The molecular formula is C16H26IN3O. The monoisotopic (exact) mass is 403 g/mol. The molecule has 118 valence electrons. The lowest BCUT2D eigenvalue weighted by Gasteiger charge is -2.17. The molecule has 0 aliphatic carbocycles. The fourth-order valence-corrected chi connectivity index (χ4v) is 1.61. The Kier molecular flexibility index (Phi) is 12.0. The SMILES string of the molecule is C=CCCOCCNC(=NCc1ccccc1)N(C)C.I. The van der Waals surface area contributed by atoms with Crippen LogP contribution in [0.15, 0.2) is 48.0 Å². The van der Waals surface area contributed by atoms with Crippen LogP contribution in [-0.4, -0.2) is 44.7 Å². The van der Waals surface area contributed by atoms with E-state index < -0.39 is 0 Å². The first-order chi connectivity index (χ1) is 9.74. The van der Waals surface area contributed by atoms with Gasteiger partial charge in [-0.3, -0.25) is 0 Å². The van der Waals surface area contributed by atoms with E-state index >= 15 is 0 Å². The quantitative estimate of drug-likeness (QED) is 0.239. The Balaban J connectivity index is 0.00000400. The van der Waals surface area contributed by atoms with Crippen LogP contribution in [0.5, 0.6) is 0 Å². The predicted molar refractivity (Wildman–Crippen MR) is 100 cm³/mol. The van der Waals surface area contributed by atoms with Crippen molar-refractivity contribution in [1.82, 2.24) is 10.2 Å². The third kappa shape index (κ3) is 9.47. The Morgan fingerprint density at radius 2 is 2.00 bits per heavy atom. The topological polar surface area (TPSA) is 36.9 Å². The van der Waals surface area contributed by atoms with Crippen molar-refractivity contribution >= 4 is 29.9 Å². The molecule has 0 spiro atoms. The molecule has 0 amide bonds. The van der Waals surface area contributed by atoms with E-state index in [4.69, 9.17) is 4.74 Å². The predicted octanol–water partition coefficient (Wildman–Crippen LogP) is 2.90. The lowest BCUT2D eigenvalue weighted by atomic mass is 10.2. The van der Waals surface area contributed by atoms with Gasteiger partial charge in [-0.2, -0.15) is 0 Å². The fraction of sp³-hybridized carbons (Fsp3) is 0.438. The average Bonchev–Trinajstić information content (AvgIpc) is 2.46. The maximum absolute atomic E-state index is 5.46. The minimum Gasteiger partial charge on any atom is -0.379 e. The molecular weight excluding hydrogens is 377 g/mol. The van der Waals surface area contributed by atoms with Crippen molar-refractivity contribution in [1.29, 1.82) is 0 Å². The molecule has 1 N–H and O–H groups in total. The van der Waals surface area contributed by atoms with Crippen molar-refractivity contribution in [3.05, 3.63) is 48.6 Å². The third-order valence-electron chi connectivity index (χ3n) is 2.67. The van der Waals surface area contributed by atoms with Crippen molar-refractivity contribution in [2.45, 2.75) is 13.0 Å². The molecule has 0 saturated heterocycles. The molecule has 0 heterocycles. The highest BCUT2D eigenvalue weighted by Gasteiger charge is 2.00. The van der Waals surface area contributed by atoms with Crippen LogP contribution in [0.25, 0.3) is 0 Å². The van der Waals surface area contributed by atoms with E-state index in [0.29, 0.717) is 13.2 Å². The summed E-state index contributed by atoms with van der Waals surface area (Å²) in [6.45, 7) is 6.49. The third-order valence-corrected chi connectivity index (χ3v) is 2.67. The van der Waals surface area contributed by atoms with Crippen LogP contribution in [0.3, 0.4) is 0 Å². The summed E-state index contributed by atoms with van der Waals surface area (Å²) in [7, 11) is 3.96. The first-order valence-electron chi connectivity index (χ1n) is 6.92. The first-order valence-corrected chi connectivity index (χ1v) is 6.92. The molecule has 5 heteroatoms. The van der Waals surface area contributed by atoms with E-state index in [9.17, 15) is 0 Å². The second-order valence-electron chi connectivity index (χ2n) is 4.64. The molecule has 0 aromatic heterocycles. The molecule has 4 nitrogen and oxygen atoms in total. The van der Waals surface area contributed by atoms with Gasteiger partial charge in [0.25, 0.3) is 0 Å². The van der Waals surface area contributed by atoms with Crippen molar-refractivity contribution in [3.63, 3.8) is 0 Å². The summed E-state index contributed by atoms with van der Waals surface area (Å²) in [5.74, 6) is 0.876. The highest BCUT2D eigenvalue weighted by atomic mass is 127. The summed E-state index contributed by atoms with van der Waals surface area (Å²) in [6.07, 6.45) is 2.75. The second kappa shape index (κ2) is 12.6. The molecule has 0 bridgehead atoms. The summed E-state index contributed by atoms with van der Waals surface area (Å²) in [5.41, 5.74) is 1.20. The molecule has 21 heavy (non-hydrogen) atoms.